The zero-order valence-electron chi connectivity index (χ0n) is 23.7. The van der Waals surface area contributed by atoms with Crippen molar-refractivity contribution in [3.8, 4) is 5.75 Å². The standard InChI is InChI=1S/C28H43N5O7/c1-5-6-8-20(25(36)31-21(28(39)40)15-18-10-12-19(34)13-11-18)30-26(37)22-9-7-14-33(22)27(38)23(16(2)3)32-24(35)17(4)29/h10-13,16-17,20-23,34H,5-9,14-15,29H2,1-4H3,(H,30,37)(H,31,36)(H,32,35)(H,39,40)/t17-,20-,21-,22-,23-/m0/s1. The lowest BCUT2D eigenvalue weighted by Gasteiger charge is -2.31. The van der Waals surface area contributed by atoms with E-state index in [1.54, 1.807) is 26.0 Å². The number of amides is 4. The highest BCUT2D eigenvalue weighted by Crippen LogP contribution is 2.21. The van der Waals surface area contributed by atoms with Crippen molar-refractivity contribution in [2.24, 2.45) is 11.7 Å². The lowest BCUT2D eigenvalue weighted by Crippen LogP contribution is -2.59. The third-order valence-corrected chi connectivity index (χ3v) is 6.95. The van der Waals surface area contributed by atoms with Gasteiger partial charge in [-0.1, -0.05) is 45.7 Å². The number of carboxylic acids is 1. The number of phenolic OH excluding ortho intramolecular Hbond substituents is 1. The number of carbonyl (C=O) groups excluding carboxylic acids is 4. The molecule has 1 fully saturated rings. The number of benzene rings is 1. The van der Waals surface area contributed by atoms with Gasteiger partial charge in [0.05, 0.1) is 6.04 Å². The quantitative estimate of drug-likeness (QED) is 0.191. The molecule has 0 spiro atoms. The van der Waals surface area contributed by atoms with Gasteiger partial charge in [0, 0.05) is 13.0 Å². The molecule has 1 aliphatic heterocycles. The van der Waals surface area contributed by atoms with Gasteiger partial charge in [0.25, 0.3) is 0 Å². The summed E-state index contributed by atoms with van der Waals surface area (Å²) in [6.07, 6.45) is 2.61. The van der Waals surface area contributed by atoms with Crippen molar-refractivity contribution < 1.29 is 34.2 Å². The molecule has 1 aliphatic rings. The van der Waals surface area contributed by atoms with Crippen molar-refractivity contribution in [2.75, 3.05) is 6.54 Å². The van der Waals surface area contributed by atoms with Crippen molar-refractivity contribution in [3.63, 3.8) is 0 Å². The van der Waals surface area contributed by atoms with E-state index in [1.807, 2.05) is 6.92 Å². The van der Waals surface area contributed by atoms with Crippen LogP contribution in [-0.4, -0.2) is 81.5 Å². The summed E-state index contributed by atoms with van der Waals surface area (Å²) in [5.74, 6) is -3.44. The maximum Gasteiger partial charge on any atom is 0.326 e. The average molecular weight is 562 g/mol. The number of hydrogen-bond donors (Lipinski definition) is 6. The average Bonchev–Trinajstić information content (AvgIpc) is 3.39. The maximum atomic E-state index is 13.4. The summed E-state index contributed by atoms with van der Waals surface area (Å²) in [7, 11) is 0. The van der Waals surface area contributed by atoms with Crippen molar-refractivity contribution >= 4 is 29.6 Å². The number of aromatic hydroxyl groups is 1. The Balaban J connectivity index is 2.15. The molecule has 2 rings (SSSR count). The molecule has 12 heteroatoms. The Morgan fingerprint density at radius 3 is 2.20 bits per heavy atom. The van der Waals surface area contributed by atoms with Crippen LogP contribution < -0.4 is 21.7 Å². The Labute approximate surface area is 235 Å². The second-order valence-corrected chi connectivity index (χ2v) is 10.7. The van der Waals surface area contributed by atoms with Crippen molar-refractivity contribution in [1.29, 1.82) is 0 Å². The first-order valence-corrected chi connectivity index (χ1v) is 13.8. The second-order valence-electron chi connectivity index (χ2n) is 10.7. The normalized spacial score (nSPS) is 17.9. The van der Waals surface area contributed by atoms with Gasteiger partial charge in [0.2, 0.25) is 23.6 Å². The zero-order valence-corrected chi connectivity index (χ0v) is 23.7. The van der Waals surface area contributed by atoms with E-state index in [9.17, 15) is 34.2 Å². The minimum Gasteiger partial charge on any atom is -0.508 e. The molecular weight excluding hydrogens is 518 g/mol. The number of aliphatic carboxylic acids is 1. The van der Waals surface area contributed by atoms with Crippen LogP contribution in [0.15, 0.2) is 24.3 Å². The molecule has 0 unspecified atom stereocenters. The summed E-state index contributed by atoms with van der Waals surface area (Å²) in [5, 5.41) is 27.1. The predicted molar refractivity (Wildman–Crippen MR) is 148 cm³/mol. The summed E-state index contributed by atoms with van der Waals surface area (Å²) < 4.78 is 0. The molecule has 222 valence electrons. The summed E-state index contributed by atoms with van der Waals surface area (Å²) >= 11 is 0. The Hall–Kier alpha value is -3.67. The molecule has 0 aromatic heterocycles. The van der Waals surface area contributed by atoms with Gasteiger partial charge in [-0.15, -0.1) is 0 Å². The third-order valence-electron chi connectivity index (χ3n) is 6.95. The molecule has 1 aromatic rings. The van der Waals surface area contributed by atoms with E-state index in [1.165, 1.54) is 24.0 Å². The Morgan fingerprint density at radius 1 is 1.00 bits per heavy atom. The highest BCUT2D eigenvalue weighted by molar-refractivity contribution is 5.95. The van der Waals surface area contributed by atoms with E-state index in [-0.39, 0.29) is 18.1 Å². The molecule has 1 saturated heterocycles. The molecule has 0 bridgehead atoms. The zero-order chi connectivity index (χ0) is 30.0. The molecule has 0 saturated carbocycles. The van der Waals surface area contributed by atoms with Gasteiger partial charge in [-0.3, -0.25) is 19.2 Å². The highest BCUT2D eigenvalue weighted by atomic mass is 16.4. The lowest BCUT2D eigenvalue weighted by molar-refractivity contribution is -0.144. The van der Waals surface area contributed by atoms with Crippen molar-refractivity contribution in [3.05, 3.63) is 29.8 Å². The molecule has 4 amide bonds. The van der Waals surface area contributed by atoms with Crippen LogP contribution in [0, 0.1) is 5.92 Å². The largest absolute Gasteiger partial charge is 0.508 e. The second kappa shape index (κ2) is 15.2. The van der Waals surface area contributed by atoms with Crippen LogP contribution in [0.2, 0.25) is 0 Å². The van der Waals surface area contributed by atoms with Crippen LogP contribution in [0.4, 0.5) is 0 Å². The fraction of sp³-hybridized carbons (Fsp3) is 0.607. The van der Waals surface area contributed by atoms with Crippen LogP contribution in [0.3, 0.4) is 0 Å². The van der Waals surface area contributed by atoms with Crippen LogP contribution in [0.1, 0.15) is 65.4 Å². The Kier molecular flexibility index (Phi) is 12.4. The lowest BCUT2D eigenvalue weighted by atomic mass is 10.0. The summed E-state index contributed by atoms with van der Waals surface area (Å²) in [5.41, 5.74) is 6.26. The van der Waals surface area contributed by atoms with E-state index >= 15 is 0 Å². The first kappa shape index (κ1) is 32.5. The van der Waals surface area contributed by atoms with Gasteiger partial charge >= 0.3 is 5.97 Å². The summed E-state index contributed by atoms with van der Waals surface area (Å²) in [4.78, 5) is 65.5. The number of nitrogens with one attached hydrogen (secondary N) is 3. The van der Waals surface area contributed by atoms with Crippen molar-refractivity contribution in [1.82, 2.24) is 20.9 Å². The molecule has 40 heavy (non-hydrogen) atoms. The fourth-order valence-electron chi connectivity index (χ4n) is 4.57. The van der Waals surface area contributed by atoms with Crippen molar-refractivity contribution in [2.45, 2.75) is 96.4 Å². The van der Waals surface area contributed by atoms with Gasteiger partial charge in [0.1, 0.15) is 29.9 Å². The van der Waals surface area contributed by atoms with E-state index in [4.69, 9.17) is 5.73 Å². The Morgan fingerprint density at radius 2 is 1.65 bits per heavy atom. The number of carbonyl (C=O) groups is 5. The van der Waals surface area contributed by atoms with Gasteiger partial charge in [-0.05, 0) is 49.8 Å². The highest BCUT2D eigenvalue weighted by Gasteiger charge is 2.40. The molecule has 7 N–H and O–H groups in total. The molecule has 1 aromatic carbocycles. The number of nitrogens with two attached hydrogens (primary N) is 1. The summed E-state index contributed by atoms with van der Waals surface area (Å²) in [6.45, 7) is 7.36. The molecule has 5 atom stereocenters. The minimum atomic E-state index is -1.25. The predicted octanol–water partition coefficient (Wildman–Crippen LogP) is 0.658. The van der Waals surface area contributed by atoms with E-state index < -0.39 is 59.8 Å². The van der Waals surface area contributed by atoms with Gasteiger partial charge in [-0.2, -0.15) is 0 Å². The number of phenols is 1. The number of unbranched alkanes of at least 4 members (excludes halogenated alkanes) is 1. The van der Waals surface area contributed by atoms with E-state index in [2.05, 4.69) is 16.0 Å². The van der Waals surface area contributed by atoms with Crippen LogP contribution in [0.5, 0.6) is 5.75 Å². The first-order valence-electron chi connectivity index (χ1n) is 13.8. The van der Waals surface area contributed by atoms with Gasteiger partial charge < -0.3 is 36.8 Å². The molecule has 0 radical (unpaired) electrons. The number of rotatable bonds is 14. The molecule has 12 nitrogen and oxygen atoms in total. The van der Waals surface area contributed by atoms with Crippen LogP contribution in [-0.2, 0) is 30.4 Å². The number of likely N-dealkylation sites (tertiary alicyclic amines) is 1. The summed E-state index contributed by atoms with van der Waals surface area (Å²) in [6, 6.07) is 1.27. The van der Waals surface area contributed by atoms with E-state index in [0.29, 0.717) is 37.8 Å². The maximum absolute atomic E-state index is 13.4. The number of carboxylic acid groups (broad SMARTS) is 1. The SMILES string of the molecule is CCCC[C@H](NC(=O)[C@@H]1CCCN1C(=O)[C@@H](NC(=O)[C@H](C)N)C(C)C)C(=O)N[C@@H](Cc1ccc(O)cc1)C(=O)O. The van der Waals surface area contributed by atoms with Crippen LogP contribution in [0.25, 0.3) is 0 Å². The molecule has 1 heterocycles. The molecule has 0 aliphatic carbocycles. The number of hydrogen-bond acceptors (Lipinski definition) is 7. The smallest absolute Gasteiger partial charge is 0.326 e. The third kappa shape index (κ3) is 9.22. The van der Waals surface area contributed by atoms with Gasteiger partial charge in [0.15, 0.2) is 0 Å². The molecular formula is C28H43N5O7. The fourth-order valence-corrected chi connectivity index (χ4v) is 4.57. The van der Waals surface area contributed by atoms with Gasteiger partial charge in [-0.25, -0.2) is 4.79 Å². The first-order chi connectivity index (χ1) is 18.8. The monoisotopic (exact) mass is 561 g/mol. The number of nitrogens with zero attached hydrogens (tertiary/aromatic N) is 1. The minimum absolute atomic E-state index is 0.00949. The van der Waals surface area contributed by atoms with E-state index in [0.717, 1.165) is 6.42 Å². The topological polar surface area (TPSA) is 191 Å². The van der Waals surface area contributed by atoms with Crippen LogP contribution >= 0.6 is 0 Å². The Bertz CT molecular complexity index is 1040.